The van der Waals surface area contributed by atoms with Gasteiger partial charge in [-0.15, -0.1) is 11.3 Å². The highest BCUT2D eigenvalue weighted by Crippen LogP contribution is 2.33. The lowest BCUT2D eigenvalue weighted by Crippen LogP contribution is -2.11. The quantitative estimate of drug-likeness (QED) is 0.673. The third-order valence-electron chi connectivity index (χ3n) is 3.03. The van der Waals surface area contributed by atoms with E-state index in [4.69, 9.17) is 27.7 Å². The number of halogens is 2. The van der Waals surface area contributed by atoms with Gasteiger partial charge >= 0.3 is 0 Å². The van der Waals surface area contributed by atoms with E-state index in [1.807, 2.05) is 43.7 Å². The Bertz CT molecular complexity index is 798. The average molecular weight is 354 g/mol. The van der Waals surface area contributed by atoms with Gasteiger partial charge in [0.2, 0.25) is 5.82 Å². The van der Waals surface area contributed by atoms with Gasteiger partial charge in [0.25, 0.3) is 5.89 Å². The summed E-state index contributed by atoms with van der Waals surface area (Å²) in [7, 11) is 3.99. The first kappa shape index (κ1) is 15.5. The highest BCUT2D eigenvalue weighted by molar-refractivity contribution is 7.14. The molecular formula is C15H13Cl2N3OS. The number of benzene rings is 1. The van der Waals surface area contributed by atoms with Crippen molar-refractivity contribution < 1.29 is 4.52 Å². The molecule has 0 saturated heterocycles. The van der Waals surface area contributed by atoms with Gasteiger partial charge in [0.05, 0.1) is 5.02 Å². The lowest BCUT2D eigenvalue weighted by Gasteiger charge is -2.11. The van der Waals surface area contributed by atoms with Crippen LogP contribution in [0.5, 0.6) is 0 Å². The Balaban J connectivity index is 1.95. The molecule has 3 aromatic rings. The third kappa shape index (κ3) is 3.17. The maximum Gasteiger partial charge on any atom is 0.269 e. The second kappa shape index (κ2) is 6.38. The zero-order valence-corrected chi connectivity index (χ0v) is 14.3. The molecular weight excluding hydrogens is 341 g/mol. The molecule has 2 heterocycles. The van der Waals surface area contributed by atoms with Crippen molar-refractivity contribution in [3.8, 4) is 22.2 Å². The van der Waals surface area contributed by atoms with Crippen LogP contribution in [0.2, 0.25) is 10.0 Å². The van der Waals surface area contributed by atoms with Crippen molar-refractivity contribution in [3.05, 3.63) is 45.3 Å². The van der Waals surface area contributed by atoms with Crippen molar-refractivity contribution in [2.75, 3.05) is 14.1 Å². The molecule has 0 spiro atoms. The Morgan fingerprint density at radius 1 is 1.18 bits per heavy atom. The standard InChI is InChI=1S/C15H13Cl2N3OS/c1-20(2)8-10-7-9(3-4-11(10)16)14-18-15(21-19-14)13-12(17)5-6-22-13/h3-7H,8H2,1-2H3. The molecule has 0 saturated carbocycles. The summed E-state index contributed by atoms with van der Waals surface area (Å²) in [6, 6.07) is 7.52. The lowest BCUT2D eigenvalue weighted by atomic mass is 10.1. The van der Waals surface area contributed by atoms with E-state index in [1.165, 1.54) is 11.3 Å². The summed E-state index contributed by atoms with van der Waals surface area (Å²) in [6.07, 6.45) is 0. The van der Waals surface area contributed by atoms with E-state index in [9.17, 15) is 0 Å². The predicted molar refractivity (Wildman–Crippen MR) is 90.5 cm³/mol. The Hall–Kier alpha value is -1.40. The van der Waals surface area contributed by atoms with Crippen molar-refractivity contribution in [2.45, 2.75) is 6.54 Å². The molecule has 0 bridgehead atoms. The van der Waals surface area contributed by atoms with Crippen molar-refractivity contribution in [3.63, 3.8) is 0 Å². The molecule has 3 rings (SSSR count). The van der Waals surface area contributed by atoms with Gasteiger partial charge in [0.1, 0.15) is 4.88 Å². The number of rotatable bonds is 4. The second-order valence-corrected chi connectivity index (χ2v) is 6.80. The lowest BCUT2D eigenvalue weighted by molar-refractivity contribution is 0.402. The topological polar surface area (TPSA) is 42.2 Å². The highest BCUT2D eigenvalue weighted by atomic mass is 35.5. The summed E-state index contributed by atoms with van der Waals surface area (Å²) >= 11 is 13.8. The molecule has 0 radical (unpaired) electrons. The van der Waals surface area contributed by atoms with Crippen molar-refractivity contribution in [1.82, 2.24) is 15.0 Å². The smallest absolute Gasteiger partial charge is 0.269 e. The monoisotopic (exact) mass is 353 g/mol. The van der Waals surface area contributed by atoms with E-state index < -0.39 is 0 Å². The Kier molecular flexibility index (Phi) is 4.49. The van der Waals surface area contributed by atoms with E-state index in [-0.39, 0.29) is 0 Å². The Morgan fingerprint density at radius 2 is 2.00 bits per heavy atom. The van der Waals surface area contributed by atoms with E-state index in [0.29, 0.717) is 16.7 Å². The van der Waals surface area contributed by atoms with Crippen LogP contribution in [0.15, 0.2) is 34.2 Å². The van der Waals surface area contributed by atoms with Gasteiger partial charge in [-0.3, -0.25) is 0 Å². The van der Waals surface area contributed by atoms with Gasteiger partial charge in [0.15, 0.2) is 0 Å². The Labute approximate surface area is 142 Å². The molecule has 0 amide bonds. The van der Waals surface area contributed by atoms with E-state index in [2.05, 4.69) is 15.0 Å². The number of thiophene rings is 1. The summed E-state index contributed by atoms with van der Waals surface area (Å²) in [5.74, 6) is 0.954. The number of hydrogen-bond acceptors (Lipinski definition) is 5. The molecule has 0 aliphatic rings. The molecule has 0 fully saturated rings. The molecule has 0 unspecified atom stereocenters. The summed E-state index contributed by atoms with van der Waals surface area (Å²) in [5.41, 5.74) is 1.88. The number of nitrogens with zero attached hydrogens (tertiary/aromatic N) is 3. The summed E-state index contributed by atoms with van der Waals surface area (Å²) < 4.78 is 5.32. The molecule has 0 aliphatic heterocycles. The highest BCUT2D eigenvalue weighted by Gasteiger charge is 2.15. The fraction of sp³-hybridized carbons (Fsp3) is 0.200. The van der Waals surface area contributed by atoms with E-state index in [1.54, 1.807) is 0 Å². The molecule has 22 heavy (non-hydrogen) atoms. The van der Waals surface area contributed by atoms with Crippen LogP contribution in [-0.4, -0.2) is 29.1 Å². The Morgan fingerprint density at radius 3 is 2.68 bits per heavy atom. The first-order chi connectivity index (χ1) is 10.5. The van der Waals surface area contributed by atoms with Gasteiger partial charge in [0, 0.05) is 17.1 Å². The van der Waals surface area contributed by atoms with Crippen LogP contribution in [0.25, 0.3) is 22.2 Å². The van der Waals surface area contributed by atoms with Crippen LogP contribution in [0.3, 0.4) is 0 Å². The van der Waals surface area contributed by atoms with Gasteiger partial charge in [-0.25, -0.2) is 0 Å². The second-order valence-electron chi connectivity index (χ2n) is 5.06. The molecule has 4 nitrogen and oxygen atoms in total. The molecule has 0 N–H and O–H groups in total. The molecule has 0 aliphatic carbocycles. The SMILES string of the molecule is CN(C)Cc1cc(-c2noc(-c3sccc3Cl)n2)ccc1Cl. The first-order valence-corrected chi connectivity index (χ1v) is 8.19. The molecule has 0 atom stereocenters. The van der Waals surface area contributed by atoms with Gasteiger partial charge in [-0.05, 0) is 49.3 Å². The molecule has 1 aromatic carbocycles. The van der Waals surface area contributed by atoms with Crippen LogP contribution in [-0.2, 0) is 6.54 Å². The first-order valence-electron chi connectivity index (χ1n) is 6.55. The van der Waals surface area contributed by atoms with Gasteiger partial charge < -0.3 is 9.42 Å². The minimum Gasteiger partial charge on any atom is -0.333 e. The predicted octanol–water partition coefficient (Wildman–Crippen LogP) is 4.83. The van der Waals surface area contributed by atoms with Crippen LogP contribution in [0.1, 0.15) is 5.56 Å². The third-order valence-corrected chi connectivity index (χ3v) is 4.73. The van der Waals surface area contributed by atoms with E-state index >= 15 is 0 Å². The van der Waals surface area contributed by atoms with Crippen molar-refractivity contribution in [1.29, 1.82) is 0 Å². The largest absolute Gasteiger partial charge is 0.333 e. The van der Waals surface area contributed by atoms with Gasteiger partial charge in [-0.1, -0.05) is 28.4 Å². The maximum atomic E-state index is 6.23. The normalized spacial score (nSPS) is 11.3. The van der Waals surface area contributed by atoms with Crippen LogP contribution in [0, 0.1) is 0 Å². The molecule has 114 valence electrons. The maximum absolute atomic E-state index is 6.23. The van der Waals surface area contributed by atoms with Crippen LogP contribution >= 0.6 is 34.5 Å². The van der Waals surface area contributed by atoms with Crippen molar-refractivity contribution in [2.24, 2.45) is 0 Å². The van der Waals surface area contributed by atoms with Crippen LogP contribution < -0.4 is 0 Å². The summed E-state index contributed by atoms with van der Waals surface area (Å²) in [4.78, 5) is 7.26. The van der Waals surface area contributed by atoms with Gasteiger partial charge in [-0.2, -0.15) is 4.98 Å². The van der Waals surface area contributed by atoms with Crippen molar-refractivity contribution >= 4 is 34.5 Å². The molecule has 7 heteroatoms. The molecule has 2 aromatic heterocycles. The summed E-state index contributed by atoms with van der Waals surface area (Å²) in [5, 5.41) is 7.27. The minimum atomic E-state index is 0.430. The fourth-order valence-electron chi connectivity index (χ4n) is 2.05. The van der Waals surface area contributed by atoms with Crippen LogP contribution in [0.4, 0.5) is 0 Å². The zero-order valence-electron chi connectivity index (χ0n) is 12.0. The summed E-state index contributed by atoms with van der Waals surface area (Å²) in [6.45, 7) is 0.744. The zero-order chi connectivity index (χ0) is 15.7. The number of hydrogen-bond donors (Lipinski definition) is 0. The van der Waals surface area contributed by atoms with E-state index in [0.717, 1.165) is 27.6 Å². The fourth-order valence-corrected chi connectivity index (χ4v) is 3.29. The number of aromatic nitrogens is 2. The minimum absolute atomic E-state index is 0.430. The average Bonchev–Trinajstić information content (AvgIpc) is 3.09.